The van der Waals surface area contributed by atoms with Crippen LogP contribution in [0.5, 0.6) is 0 Å². The predicted octanol–water partition coefficient (Wildman–Crippen LogP) is 4.41. The maximum Gasteiger partial charge on any atom is 0.268 e. The monoisotopic (exact) mass is 500 g/mol. The first-order chi connectivity index (χ1) is 15.7. The van der Waals surface area contributed by atoms with E-state index in [1.165, 1.54) is 18.6 Å². The number of benzene rings is 1. The van der Waals surface area contributed by atoms with Crippen molar-refractivity contribution in [2.24, 2.45) is 5.41 Å². The van der Waals surface area contributed by atoms with E-state index >= 15 is 8.78 Å². The fourth-order valence-corrected chi connectivity index (χ4v) is 7.09. The lowest BCUT2D eigenvalue weighted by atomic mass is 9.80. The number of nitrogens with zero attached hydrogens (tertiary/aromatic N) is 3. The van der Waals surface area contributed by atoms with Gasteiger partial charge in [-0.15, -0.1) is 0 Å². The van der Waals surface area contributed by atoms with Gasteiger partial charge in [-0.2, -0.15) is 4.39 Å². The van der Waals surface area contributed by atoms with Crippen LogP contribution in [0.4, 0.5) is 24.7 Å². The lowest BCUT2D eigenvalue weighted by Gasteiger charge is -2.44. The highest BCUT2D eigenvalue weighted by Crippen LogP contribution is 2.50. The second-order valence-electron chi connectivity index (χ2n) is 9.12. The van der Waals surface area contributed by atoms with Crippen molar-refractivity contribution in [1.29, 1.82) is 0 Å². The summed E-state index contributed by atoms with van der Waals surface area (Å²) in [7, 11) is -4.73. The molecule has 2 atom stereocenters. The van der Waals surface area contributed by atoms with Gasteiger partial charge in [-0.25, -0.2) is 22.2 Å². The molecule has 0 amide bonds. The van der Waals surface area contributed by atoms with E-state index in [-0.39, 0.29) is 11.1 Å². The lowest BCUT2D eigenvalue weighted by Crippen LogP contribution is -2.52. The van der Waals surface area contributed by atoms with Crippen LogP contribution in [0.15, 0.2) is 29.2 Å². The Labute approximate surface area is 195 Å². The molecule has 33 heavy (non-hydrogen) atoms. The smallest absolute Gasteiger partial charge is 0.268 e. The van der Waals surface area contributed by atoms with Gasteiger partial charge in [0.05, 0.1) is 5.69 Å². The van der Waals surface area contributed by atoms with Crippen LogP contribution in [0.1, 0.15) is 32.1 Å². The summed E-state index contributed by atoms with van der Waals surface area (Å²) in [5.41, 5.74) is 0.215. The molecule has 1 N–H and O–H groups in total. The van der Waals surface area contributed by atoms with Crippen molar-refractivity contribution in [2.75, 3.05) is 35.8 Å². The Morgan fingerprint density at radius 2 is 1.91 bits per heavy atom. The zero-order valence-electron chi connectivity index (χ0n) is 17.8. The standard InChI is InChI=1S/C22H24ClF3N4O2S/c23-19-15(30-11-8-22(13-30)7-2-4-16(22)29-9-3-10-29)12-14(24)21(20(19)26)33(31,32)28-18-6-1-5-17(25)27-18/h1,5-6,12,16H,2-4,7-11,13H2,(H,27,28)/t16-,22-/m0/s1. The number of rotatable bonds is 5. The Kier molecular flexibility index (Phi) is 5.73. The van der Waals surface area contributed by atoms with Crippen LogP contribution in [0.3, 0.4) is 0 Å². The number of halogens is 4. The number of likely N-dealkylation sites (tertiary alicyclic amines) is 1. The molecule has 2 saturated heterocycles. The van der Waals surface area contributed by atoms with E-state index in [0.717, 1.165) is 50.9 Å². The molecule has 0 bridgehead atoms. The van der Waals surface area contributed by atoms with Crippen molar-refractivity contribution in [2.45, 2.75) is 43.0 Å². The van der Waals surface area contributed by atoms with Gasteiger partial charge in [-0.05, 0) is 50.9 Å². The minimum atomic E-state index is -4.73. The summed E-state index contributed by atoms with van der Waals surface area (Å²) in [6.45, 7) is 3.41. The fraction of sp³-hybridized carbons (Fsp3) is 0.500. The molecule has 6 nitrogen and oxygen atoms in total. The molecule has 2 aliphatic heterocycles. The molecule has 5 rings (SSSR count). The van der Waals surface area contributed by atoms with E-state index in [1.54, 1.807) is 0 Å². The number of pyridine rings is 1. The molecule has 2 aromatic rings. The van der Waals surface area contributed by atoms with Gasteiger partial charge in [-0.3, -0.25) is 9.62 Å². The van der Waals surface area contributed by atoms with Gasteiger partial charge in [0.25, 0.3) is 10.0 Å². The molecule has 11 heteroatoms. The summed E-state index contributed by atoms with van der Waals surface area (Å²) >= 11 is 6.26. The van der Waals surface area contributed by atoms with E-state index in [9.17, 15) is 12.8 Å². The summed E-state index contributed by atoms with van der Waals surface area (Å²) in [6.07, 6.45) is 5.42. The van der Waals surface area contributed by atoms with E-state index in [4.69, 9.17) is 11.6 Å². The molecule has 1 saturated carbocycles. The van der Waals surface area contributed by atoms with Crippen LogP contribution in [-0.2, 0) is 10.0 Å². The van der Waals surface area contributed by atoms with Crippen molar-refractivity contribution in [3.8, 4) is 0 Å². The highest BCUT2D eigenvalue weighted by Gasteiger charge is 2.50. The van der Waals surface area contributed by atoms with E-state index < -0.39 is 43.3 Å². The third kappa shape index (κ3) is 3.95. The van der Waals surface area contributed by atoms with Crippen LogP contribution >= 0.6 is 11.6 Å². The van der Waals surface area contributed by atoms with Crippen molar-refractivity contribution >= 4 is 33.1 Å². The second kappa shape index (κ2) is 8.32. The van der Waals surface area contributed by atoms with Gasteiger partial charge >= 0.3 is 0 Å². The third-order valence-electron chi connectivity index (χ3n) is 7.24. The minimum absolute atomic E-state index is 0.0616. The van der Waals surface area contributed by atoms with Crippen LogP contribution < -0.4 is 9.62 Å². The first-order valence-electron chi connectivity index (χ1n) is 11.0. The first-order valence-corrected chi connectivity index (χ1v) is 12.9. The second-order valence-corrected chi connectivity index (χ2v) is 11.1. The van der Waals surface area contributed by atoms with Crippen LogP contribution in [0, 0.1) is 23.0 Å². The molecule has 1 aromatic carbocycles. The summed E-state index contributed by atoms with van der Waals surface area (Å²) < 4.78 is 70.7. The molecule has 3 heterocycles. The summed E-state index contributed by atoms with van der Waals surface area (Å²) in [5.74, 6) is -3.96. The third-order valence-corrected chi connectivity index (χ3v) is 8.99. The van der Waals surface area contributed by atoms with Crippen LogP contribution in [-0.4, -0.2) is 50.5 Å². The average Bonchev–Trinajstić information content (AvgIpc) is 3.30. The number of sulfonamides is 1. The van der Waals surface area contributed by atoms with Crippen LogP contribution in [0.25, 0.3) is 0 Å². The number of hydrogen-bond donors (Lipinski definition) is 1. The zero-order chi connectivity index (χ0) is 23.4. The van der Waals surface area contributed by atoms with Crippen LogP contribution in [0.2, 0.25) is 5.02 Å². The minimum Gasteiger partial charge on any atom is -0.370 e. The summed E-state index contributed by atoms with van der Waals surface area (Å²) in [4.78, 5) is 6.53. The van der Waals surface area contributed by atoms with Gasteiger partial charge in [0, 0.05) is 30.6 Å². The van der Waals surface area contributed by atoms with Gasteiger partial charge in [0.15, 0.2) is 10.7 Å². The van der Waals surface area contributed by atoms with Gasteiger partial charge < -0.3 is 4.90 Å². The highest BCUT2D eigenvalue weighted by atomic mass is 35.5. The highest BCUT2D eigenvalue weighted by molar-refractivity contribution is 7.92. The van der Waals surface area contributed by atoms with Crippen molar-refractivity contribution < 1.29 is 21.6 Å². The molecular formula is C22H24ClF3N4O2S. The van der Waals surface area contributed by atoms with E-state index in [1.807, 2.05) is 9.62 Å². The Bertz CT molecular complexity index is 1190. The van der Waals surface area contributed by atoms with Gasteiger partial charge in [-0.1, -0.05) is 24.1 Å². The fourth-order valence-electron chi connectivity index (χ4n) is 5.62. The summed E-state index contributed by atoms with van der Waals surface area (Å²) in [6, 6.07) is 4.86. The molecular weight excluding hydrogens is 477 g/mol. The number of anilines is 2. The molecule has 178 valence electrons. The molecule has 1 aliphatic carbocycles. The molecule has 1 aromatic heterocycles. The lowest BCUT2D eigenvalue weighted by molar-refractivity contribution is 0.0505. The maximum absolute atomic E-state index is 15.2. The number of hydrogen-bond acceptors (Lipinski definition) is 5. The normalized spacial score (nSPS) is 25.6. The van der Waals surface area contributed by atoms with E-state index in [0.29, 0.717) is 19.1 Å². The number of aromatic nitrogens is 1. The molecule has 0 radical (unpaired) electrons. The Balaban J connectivity index is 1.43. The largest absolute Gasteiger partial charge is 0.370 e. The molecule has 1 spiro atoms. The van der Waals surface area contributed by atoms with Gasteiger partial charge in [0.2, 0.25) is 5.95 Å². The van der Waals surface area contributed by atoms with Crippen molar-refractivity contribution in [3.05, 3.63) is 46.9 Å². The van der Waals surface area contributed by atoms with Crippen molar-refractivity contribution in [3.63, 3.8) is 0 Å². The quantitative estimate of drug-likeness (QED) is 0.486. The Hall–Kier alpha value is -2.04. The Morgan fingerprint density at radius 3 is 2.61 bits per heavy atom. The average molecular weight is 501 g/mol. The Morgan fingerprint density at radius 1 is 1.12 bits per heavy atom. The zero-order valence-corrected chi connectivity index (χ0v) is 19.4. The molecule has 0 unspecified atom stereocenters. The molecule has 3 aliphatic rings. The van der Waals surface area contributed by atoms with E-state index in [2.05, 4.69) is 9.88 Å². The van der Waals surface area contributed by atoms with Gasteiger partial charge in [0.1, 0.15) is 16.7 Å². The van der Waals surface area contributed by atoms with Crippen molar-refractivity contribution in [1.82, 2.24) is 9.88 Å². The topological polar surface area (TPSA) is 65.5 Å². The molecule has 3 fully saturated rings. The SMILES string of the molecule is O=S(=O)(Nc1cccc(F)n1)c1c(F)cc(N2CC[C@@]3(CCC[C@@H]3N3CCC3)C2)c(Cl)c1F. The number of nitrogens with one attached hydrogen (secondary N) is 1. The maximum atomic E-state index is 15.2. The predicted molar refractivity (Wildman–Crippen MR) is 119 cm³/mol. The first kappa shape index (κ1) is 22.7. The summed E-state index contributed by atoms with van der Waals surface area (Å²) in [5, 5.41) is -0.445.